The Balaban J connectivity index is 1.53. The molecule has 1 atom stereocenters. The summed E-state index contributed by atoms with van der Waals surface area (Å²) in [4.78, 5) is 23.5. The Morgan fingerprint density at radius 3 is 3.08 bits per heavy atom. The highest BCUT2D eigenvalue weighted by atomic mass is 16.5. The van der Waals surface area contributed by atoms with E-state index in [9.17, 15) is 4.79 Å². The molecule has 0 unspecified atom stereocenters. The average molecular weight is 355 g/mol. The van der Waals surface area contributed by atoms with Gasteiger partial charge in [0.15, 0.2) is 0 Å². The van der Waals surface area contributed by atoms with Gasteiger partial charge in [-0.05, 0) is 38.7 Å². The number of hydrogen-bond donors (Lipinski definition) is 0. The van der Waals surface area contributed by atoms with Crippen molar-refractivity contribution in [3.8, 4) is 0 Å². The van der Waals surface area contributed by atoms with Gasteiger partial charge >= 0.3 is 0 Å². The van der Waals surface area contributed by atoms with Crippen LogP contribution < -0.4 is 0 Å². The van der Waals surface area contributed by atoms with Gasteiger partial charge in [-0.3, -0.25) is 4.79 Å². The fraction of sp³-hybridized carbons (Fsp3) is 0.550. The smallest absolute Gasteiger partial charge is 0.257 e. The summed E-state index contributed by atoms with van der Waals surface area (Å²) in [7, 11) is 0. The van der Waals surface area contributed by atoms with Crippen LogP contribution in [0, 0.1) is 12.8 Å². The van der Waals surface area contributed by atoms with E-state index in [-0.39, 0.29) is 11.8 Å². The molecule has 0 saturated carbocycles. The van der Waals surface area contributed by atoms with Gasteiger partial charge in [-0.2, -0.15) is 0 Å². The average Bonchev–Trinajstić information content (AvgIpc) is 2.82. The summed E-state index contributed by atoms with van der Waals surface area (Å²) in [5, 5.41) is 0. The minimum atomic E-state index is 0.0904. The monoisotopic (exact) mass is 355 g/mol. The van der Waals surface area contributed by atoms with E-state index in [1.54, 1.807) is 12.5 Å². The summed E-state index contributed by atoms with van der Waals surface area (Å²) in [6.07, 6.45) is 8.28. The predicted molar refractivity (Wildman–Crippen MR) is 96.0 cm³/mol. The van der Waals surface area contributed by atoms with Crippen molar-refractivity contribution < 1.29 is 13.9 Å². The predicted octanol–water partition coefficient (Wildman–Crippen LogP) is 2.59. The molecule has 1 amide bonds. The zero-order valence-electron chi connectivity index (χ0n) is 15.2. The summed E-state index contributed by atoms with van der Waals surface area (Å²) in [6, 6.07) is 1.92. The molecule has 1 saturated heterocycles. The first-order valence-corrected chi connectivity index (χ1v) is 9.45. The molecule has 0 aromatic carbocycles. The van der Waals surface area contributed by atoms with Gasteiger partial charge in [0.05, 0.1) is 18.8 Å². The molecule has 2 aliphatic rings. The van der Waals surface area contributed by atoms with Crippen molar-refractivity contribution in [2.45, 2.75) is 39.0 Å². The van der Waals surface area contributed by atoms with Crippen molar-refractivity contribution in [2.75, 3.05) is 26.3 Å². The van der Waals surface area contributed by atoms with Crippen LogP contribution in [0.3, 0.4) is 0 Å². The van der Waals surface area contributed by atoms with Gasteiger partial charge in [0.25, 0.3) is 5.91 Å². The number of aryl methyl sites for hydroxylation is 2. The van der Waals surface area contributed by atoms with E-state index < -0.39 is 0 Å². The van der Waals surface area contributed by atoms with Crippen LogP contribution >= 0.6 is 0 Å². The van der Waals surface area contributed by atoms with Crippen LogP contribution in [0.1, 0.15) is 46.0 Å². The van der Waals surface area contributed by atoms with Crippen LogP contribution in [-0.2, 0) is 24.0 Å². The van der Waals surface area contributed by atoms with E-state index in [4.69, 9.17) is 9.15 Å². The van der Waals surface area contributed by atoms with Crippen molar-refractivity contribution in [3.05, 3.63) is 46.9 Å². The third-order valence-electron chi connectivity index (χ3n) is 5.33. The minimum Gasteiger partial charge on any atom is -0.465 e. The van der Waals surface area contributed by atoms with Gasteiger partial charge in [-0.15, -0.1) is 0 Å². The molecule has 1 aliphatic carbocycles. The standard InChI is InChI=1S/C20H25N3O3/c1-14-19(17-4-2-3-5-18(17)26-14)20(24)23-8-9-25-12-15(11-23)10-16-6-7-21-13-22-16/h6-7,13,15H,2-5,8-12H2,1H3/t15-/m1/s1. The molecule has 3 heterocycles. The van der Waals surface area contributed by atoms with Gasteiger partial charge in [-0.25, -0.2) is 9.97 Å². The molecule has 0 radical (unpaired) electrons. The molecule has 26 heavy (non-hydrogen) atoms. The molecule has 0 N–H and O–H groups in total. The molecule has 6 heteroatoms. The maximum atomic E-state index is 13.3. The van der Waals surface area contributed by atoms with E-state index in [2.05, 4.69) is 9.97 Å². The van der Waals surface area contributed by atoms with Crippen molar-refractivity contribution in [3.63, 3.8) is 0 Å². The molecule has 6 nitrogen and oxygen atoms in total. The lowest BCUT2D eigenvalue weighted by Crippen LogP contribution is -2.37. The molecular weight excluding hydrogens is 330 g/mol. The first-order valence-electron chi connectivity index (χ1n) is 9.45. The third kappa shape index (κ3) is 3.51. The second kappa shape index (κ2) is 7.58. The number of hydrogen-bond acceptors (Lipinski definition) is 5. The Bertz CT molecular complexity index is 772. The van der Waals surface area contributed by atoms with Crippen LogP contribution in [0.5, 0.6) is 0 Å². The van der Waals surface area contributed by atoms with E-state index in [1.807, 2.05) is 17.9 Å². The first-order chi connectivity index (χ1) is 12.7. The molecule has 1 fully saturated rings. The van der Waals surface area contributed by atoms with Crippen LogP contribution in [0.4, 0.5) is 0 Å². The zero-order valence-corrected chi connectivity index (χ0v) is 15.2. The Hall–Kier alpha value is -2.21. The van der Waals surface area contributed by atoms with Crippen LogP contribution in [0.25, 0.3) is 0 Å². The molecule has 1 aliphatic heterocycles. The summed E-state index contributed by atoms with van der Waals surface area (Å²) in [6.45, 7) is 4.44. The summed E-state index contributed by atoms with van der Waals surface area (Å²) >= 11 is 0. The number of amides is 1. The third-order valence-corrected chi connectivity index (χ3v) is 5.33. The largest absolute Gasteiger partial charge is 0.465 e. The van der Waals surface area contributed by atoms with Crippen molar-refractivity contribution in [1.29, 1.82) is 0 Å². The Morgan fingerprint density at radius 2 is 2.23 bits per heavy atom. The van der Waals surface area contributed by atoms with Gasteiger partial charge in [0.2, 0.25) is 0 Å². The second-order valence-electron chi connectivity index (χ2n) is 7.24. The maximum Gasteiger partial charge on any atom is 0.257 e. The molecule has 2 aromatic heterocycles. The fourth-order valence-electron chi connectivity index (χ4n) is 4.06. The summed E-state index contributed by atoms with van der Waals surface area (Å²) in [5.74, 6) is 2.10. The summed E-state index contributed by atoms with van der Waals surface area (Å²) in [5.41, 5.74) is 2.92. The van der Waals surface area contributed by atoms with E-state index >= 15 is 0 Å². The summed E-state index contributed by atoms with van der Waals surface area (Å²) < 4.78 is 11.7. The molecule has 0 bridgehead atoms. The van der Waals surface area contributed by atoms with E-state index in [0.717, 1.165) is 60.4 Å². The van der Waals surface area contributed by atoms with Gasteiger partial charge in [0, 0.05) is 42.9 Å². The Morgan fingerprint density at radius 1 is 1.35 bits per heavy atom. The number of aromatic nitrogens is 2. The molecule has 138 valence electrons. The number of carbonyl (C=O) groups excluding carboxylic acids is 1. The number of ether oxygens (including phenoxy) is 1. The Labute approximate surface area is 153 Å². The van der Waals surface area contributed by atoms with Crippen molar-refractivity contribution in [2.24, 2.45) is 5.92 Å². The van der Waals surface area contributed by atoms with Gasteiger partial charge in [0.1, 0.15) is 17.8 Å². The van der Waals surface area contributed by atoms with Crippen molar-refractivity contribution in [1.82, 2.24) is 14.9 Å². The van der Waals surface area contributed by atoms with E-state index in [1.165, 1.54) is 0 Å². The number of carbonyl (C=O) groups is 1. The first kappa shape index (κ1) is 17.2. The highest BCUT2D eigenvalue weighted by molar-refractivity contribution is 5.97. The number of fused-ring (bicyclic) bond motifs is 1. The Kier molecular flexibility index (Phi) is 5.02. The minimum absolute atomic E-state index is 0.0904. The highest BCUT2D eigenvalue weighted by Gasteiger charge is 2.30. The zero-order chi connectivity index (χ0) is 17.9. The van der Waals surface area contributed by atoms with Crippen LogP contribution in [0.15, 0.2) is 23.0 Å². The molecule has 2 aromatic rings. The van der Waals surface area contributed by atoms with Gasteiger partial charge in [-0.1, -0.05) is 0 Å². The number of furan rings is 1. The molecule has 0 spiro atoms. The molecule has 4 rings (SSSR count). The lowest BCUT2D eigenvalue weighted by atomic mass is 9.94. The van der Waals surface area contributed by atoms with Crippen LogP contribution in [0.2, 0.25) is 0 Å². The SMILES string of the molecule is Cc1oc2c(c1C(=O)N1CCOC[C@H](Cc3ccncn3)C1)CCCC2. The van der Waals surface area contributed by atoms with E-state index in [0.29, 0.717) is 26.3 Å². The number of rotatable bonds is 3. The lowest BCUT2D eigenvalue weighted by molar-refractivity contribution is 0.0734. The lowest BCUT2D eigenvalue weighted by Gasteiger charge is -2.24. The topological polar surface area (TPSA) is 68.5 Å². The van der Waals surface area contributed by atoms with Gasteiger partial charge < -0.3 is 14.1 Å². The number of nitrogens with zero attached hydrogens (tertiary/aromatic N) is 3. The molecular formula is C20H25N3O3. The van der Waals surface area contributed by atoms with Crippen LogP contribution in [-0.4, -0.2) is 47.1 Å². The second-order valence-corrected chi connectivity index (χ2v) is 7.24. The maximum absolute atomic E-state index is 13.3. The van der Waals surface area contributed by atoms with Crippen molar-refractivity contribution >= 4 is 5.91 Å². The highest BCUT2D eigenvalue weighted by Crippen LogP contribution is 2.31. The quantitative estimate of drug-likeness (QED) is 0.846. The fourth-order valence-corrected chi connectivity index (χ4v) is 4.06. The normalized spacial score (nSPS) is 20.5.